The van der Waals surface area contributed by atoms with E-state index in [0.29, 0.717) is 30.2 Å². The van der Waals surface area contributed by atoms with Crippen molar-refractivity contribution in [2.24, 2.45) is 0 Å². The SMILES string of the molecule is COCCNC(=O)c1cc(-c2ccccc2)nn1-c1ccc([N+](=O)[O-])cc1. The number of hydrogen-bond acceptors (Lipinski definition) is 5. The topological polar surface area (TPSA) is 99.3 Å². The van der Waals surface area contributed by atoms with Crippen molar-refractivity contribution in [1.29, 1.82) is 0 Å². The lowest BCUT2D eigenvalue weighted by molar-refractivity contribution is -0.384. The Kier molecular flexibility index (Phi) is 5.58. The lowest BCUT2D eigenvalue weighted by Crippen LogP contribution is -2.28. The number of carbonyl (C=O) groups is 1. The molecule has 8 nitrogen and oxygen atoms in total. The van der Waals surface area contributed by atoms with Crippen LogP contribution in [-0.4, -0.2) is 40.9 Å². The van der Waals surface area contributed by atoms with Crippen molar-refractivity contribution in [3.05, 3.63) is 76.5 Å². The molecule has 0 atom stereocenters. The van der Waals surface area contributed by atoms with Crippen molar-refractivity contribution in [2.75, 3.05) is 20.3 Å². The number of ether oxygens (including phenoxy) is 1. The number of carbonyl (C=O) groups excluding carboxylic acids is 1. The second kappa shape index (κ2) is 8.24. The molecule has 0 radical (unpaired) electrons. The molecule has 27 heavy (non-hydrogen) atoms. The Balaban J connectivity index is 2.00. The van der Waals surface area contributed by atoms with E-state index in [1.54, 1.807) is 25.3 Å². The van der Waals surface area contributed by atoms with Crippen LogP contribution in [0.5, 0.6) is 0 Å². The maximum Gasteiger partial charge on any atom is 0.270 e. The number of benzene rings is 2. The van der Waals surface area contributed by atoms with Crippen molar-refractivity contribution in [3.8, 4) is 16.9 Å². The van der Waals surface area contributed by atoms with Gasteiger partial charge in [0.25, 0.3) is 11.6 Å². The molecule has 1 heterocycles. The zero-order valence-electron chi connectivity index (χ0n) is 14.7. The van der Waals surface area contributed by atoms with Gasteiger partial charge in [-0.15, -0.1) is 0 Å². The largest absolute Gasteiger partial charge is 0.383 e. The molecule has 3 aromatic rings. The first-order chi connectivity index (χ1) is 13.1. The van der Waals surface area contributed by atoms with E-state index in [4.69, 9.17) is 4.74 Å². The molecule has 1 N–H and O–H groups in total. The molecule has 0 fully saturated rings. The Morgan fingerprint density at radius 1 is 1.19 bits per heavy atom. The van der Waals surface area contributed by atoms with E-state index in [1.807, 2.05) is 30.3 Å². The standard InChI is InChI=1S/C19H18N4O4/c1-27-12-11-20-19(24)18-13-17(14-5-3-2-4-6-14)21-22(18)15-7-9-16(10-8-15)23(25)26/h2-10,13H,11-12H2,1H3,(H,20,24). The van der Waals surface area contributed by atoms with Crippen LogP contribution in [0.15, 0.2) is 60.7 Å². The van der Waals surface area contributed by atoms with Crippen LogP contribution < -0.4 is 5.32 Å². The summed E-state index contributed by atoms with van der Waals surface area (Å²) in [6, 6.07) is 17.0. The van der Waals surface area contributed by atoms with Crippen molar-refractivity contribution >= 4 is 11.6 Å². The Hall–Kier alpha value is -3.52. The highest BCUT2D eigenvalue weighted by molar-refractivity contribution is 5.94. The molecule has 0 saturated carbocycles. The maximum atomic E-state index is 12.6. The van der Waals surface area contributed by atoms with Gasteiger partial charge in [-0.25, -0.2) is 4.68 Å². The molecule has 0 aliphatic carbocycles. The molecule has 0 spiro atoms. The Bertz CT molecular complexity index is 936. The predicted molar refractivity (Wildman–Crippen MR) is 99.9 cm³/mol. The second-order valence-electron chi connectivity index (χ2n) is 5.71. The van der Waals surface area contributed by atoms with Crippen LogP contribution >= 0.6 is 0 Å². The van der Waals surface area contributed by atoms with Crippen LogP contribution in [0.25, 0.3) is 16.9 Å². The fraction of sp³-hybridized carbons (Fsp3) is 0.158. The van der Waals surface area contributed by atoms with Gasteiger partial charge in [0, 0.05) is 31.4 Å². The van der Waals surface area contributed by atoms with E-state index in [0.717, 1.165) is 5.56 Å². The third-order valence-corrected chi connectivity index (χ3v) is 3.91. The van der Waals surface area contributed by atoms with E-state index < -0.39 is 4.92 Å². The quantitative estimate of drug-likeness (QED) is 0.394. The minimum absolute atomic E-state index is 0.0275. The van der Waals surface area contributed by atoms with Crippen LogP contribution in [0.3, 0.4) is 0 Å². The molecule has 0 aliphatic rings. The molecule has 0 saturated heterocycles. The fourth-order valence-electron chi connectivity index (χ4n) is 2.56. The summed E-state index contributed by atoms with van der Waals surface area (Å²) in [5, 5.41) is 18.2. The van der Waals surface area contributed by atoms with E-state index in [9.17, 15) is 14.9 Å². The highest BCUT2D eigenvalue weighted by Crippen LogP contribution is 2.23. The smallest absolute Gasteiger partial charge is 0.270 e. The average molecular weight is 366 g/mol. The van der Waals surface area contributed by atoms with Crippen LogP contribution in [0, 0.1) is 10.1 Å². The molecule has 3 rings (SSSR count). The second-order valence-corrected chi connectivity index (χ2v) is 5.71. The Morgan fingerprint density at radius 2 is 1.89 bits per heavy atom. The summed E-state index contributed by atoms with van der Waals surface area (Å²) in [6.07, 6.45) is 0. The predicted octanol–water partition coefficient (Wildman–Crippen LogP) is 2.82. The molecule has 8 heteroatoms. The van der Waals surface area contributed by atoms with Gasteiger partial charge in [0.2, 0.25) is 0 Å². The molecule has 0 bridgehead atoms. The number of rotatable bonds is 7. The van der Waals surface area contributed by atoms with Gasteiger partial charge in [0.1, 0.15) is 5.69 Å². The van der Waals surface area contributed by atoms with Gasteiger partial charge in [-0.1, -0.05) is 30.3 Å². The van der Waals surface area contributed by atoms with Crippen LogP contribution in [0.4, 0.5) is 5.69 Å². The van der Waals surface area contributed by atoms with Gasteiger partial charge in [0.15, 0.2) is 0 Å². The first kappa shape index (κ1) is 18.3. The van der Waals surface area contributed by atoms with Gasteiger partial charge < -0.3 is 10.1 Å². The first-order valence-electron chi connectivity index (χ1n) is 8.27. The van der Waals surface area contributed by atoms with Crippen LogP contribution in [-0.2, 0) is 4.74 Å². The van der Waals surface area contributed by atoms with E-state index in [-0.39, 0.29) is 11.6 Å². The molecular formula is C19H18N4O4. The summed E-state index contributed by atoms with van der Waals surface area (Å²) in [4.78, 5) is 23.0. The van der Waals surface area contributed by atoms with Crippen molar-refractivity contribution in [2.45, 2.75) is 0 Å². The van der Waals surface area contributed by atoms with Crippen molar-refractivity contribution in [3.63, 3.8) is 0 Å². The molecule has 1 amide bonds. The minimum atomic E-state index is -0.472. The highest BCUT2D eigenvalue weighted by atomic mass is 16.6. The summed E-state index contributed by atoms with van der Waals surface area (Å²) < 4.78 is 6.43. The average Bonchev–Trinajstić information content (AvgIpc) is 3.14. The first-order valence-corrected chi connectivity index (χ1v) is 8.27. The lowest BCUT2D eigenvalue weighted by atomic mass is 10.1. The third-order valence-electron chi connectivity index (χ3n) is 3.91. The van der Waals surface area contributed by atoms with Crippen LogP contribution in [0.2, 0.25) is 0 Å². The number of amides is 1. The fourth-order valence-corrected chi connectivity index (χ4v) is 2.56. The zero-order chi connectivity index (χ0) is 19.2. The van der Waals surface area contributed by atoms with Crippen molar-refractivity contribution < 1.29 is 14.5 Å². The van der Waals surface area contributed by atoms with E-state index in [1.165, 1.54) is 16.8 Å². The number of nitro benzene ring substituents is 1. The Labute approximate surface area is 155 Å². The van der Waals surface area contributed by atoms with E-state index in [2.05, 4.69) is 10.4 Å². The maximum absolute atomic E-state index is 12.6. The number of hydrogen-bond donors (Lipinski definition) is 1. The molecule has 0 unspecified atom stereocenters. The number of non-ortho nitro benzene ring substituents is 1. The highest BCUT2D eigenvalue weighted by Gasteiger charge is 2.18. The molecule has 2 aromatic carbocycles. The summed E-state index contributed by atoms with van der Waals surface area (Å²) in [6.45, 7) is 0.754. The third kappa shape index (κ3) is 4.18. The zero-order valence-corrected chi connectivity index (χ0v) is 14.7. The van der Waals surface area contributed by atoms with Crippen molar-refractivity contribution in [1.82, 2.24) is 15.1 Å². The Morgan fingerprint density at radius 3 is 2.52 bits per heavy atom. The van der Waals surface area contributed by atoms with Gasteiger partial charge in [-0.05, 0) is 18.2 Å². The number of nitrogens with one attached hydrogen (secondary N) is 1. The van der Waals surface area contributed by atoms with Gasteiger partial charge in [-0.3, -0.25) is 14.9 Å². The van der Waals surface area contributed by atoms with Gasteiger partial charge >= 0.3 is 0 Å². The number of aromatic nitrogens is 2. The number of nitro groups is 1. The lowest BCUT2D eigenvalue weighted by Gasteiger charge is -2.08. The summed E-state index contributed by atoms with van der Waals surface area (Å²) >= 11 is 0. The summed E-state index contributed by atoms with van der Waals surface area (Å²) in [5.74, 6) is -0.305. The monoisotopic (exact) mass is 366 g/mol. The molecule has 1 aromatic heterocycles. The van der Waals surface area contributed by atoms with Gasteiger partial charge in [-0.2, -0.15) is 5.10 Å². The van der Waals surface area contributed by atoms with Crippen LogP contribution in [0.1, 0.15) is 10.5 Å². The van der Waals surface area contributed by atoms with Gasteiger partial charge in [0.05, 0.1) is 22.9 Å². The number of methoxy groups -OCH3 is 1. The molecule has 0 aliphatic heterocycles. The molecule has 138 valence electrons. The minimum Gasteiger partial charge on any atom is -0.383 e. The normalized spacial score (nSPS) is 10.6. The molecular weight excluding hydrogens is 348 g/mol. The summed E-state index contributed by atoms with van der Waals surface area (Å²) in [5.41, 5.74) is 2.36. The van der Waals surface area contributed by atoms with E-state index >= 15 is 0 Å². The number of nitrogens with zero attached hydrogens (tertiary/aromatic N) is 3. The summed E-state index contributed by atoms with van der Waals surface area (Å²) in [7, 11) is 1.56.